The number of rotatable bonds is 6. The summed E-state index contributed by atoms with van der Waals surface area (Å²) < 4.78 is 33.0. The number of nitrogens with zero attached hydrogens (tertiary/aromatic N) is 2. The maximum atomic E-state index is 12.6. The molecule has 2 aromatic rings. The Morgan fingerprint density at radius 1 is 1.31 bits per heavy atom. The van der Waals surface area contributed by atoms with E-state index < -0.39 is 15.6 Å². The second-order valence-electron chi connectivity index (χ2n) is 6.91. The lowest BCUT2D eigenvalue weighted by Gasteiger charge is -2.20. The van der Waals surface area contributed by atoms with Crippen molar-refractivity contribution < 1.29 is 12.9 Å². The molecule has 1 heterocycles. The number of benzene rings is 1. The SMILES string of the molecule is CNC(C)Cc1noc(-c2ccc(Cl)c(S(=O)(=O)NC(C)(C)C)c2)n1.Cl. The first-order chi connectivity index (χ1) is 11.5. The fourth-order valence-corrected chi connectivity index (χ4v) is 4.08. The number of likely N-dealkylation sites (N-methyl/N-ethyl adjacent to an activating group) is 1. The molecule has 2 N–H and O–H groups in total. The van der Waals surface area contributed by atoms with E-state index in [1.165, 1.54) is 12.1 Å². The van der Waals surface area contributed by atoms with Gasteiger partial charge in [-0.05, 0) is 52.9 Å². The van der Waals surface area contributed by atoms with Gasteiger partial charge in [0, 0.05) is 23.6 Å². The summed E-state index contributed by atoms with van der Waals surface area (Å²) in [6, 6.07) is 4.79. The van der Waals surface area contributed by atoms with Crippen molar-refractivity contribution in [2.45, 2.75) is 50.6 Å². The molecule has 7 nitrogen and oxygen atoms in total. The molecule has 0 aliphatic rings. The molecule has 0 saturated carbocycles. The molecule has 1 unspecified atom stereocenters. The standard InChI is InChI=1S/C16H23ClN4O3S.ClH/c1-10(18-5)8-14-19-15(24-20-14)11-6-7-12(17)13(9-11)25(22,23)21-16(2,3)4;/h6-7,9-10,18,21H,8H2,1-5H3;1H. The number of aromatic nitrogens is 2. The van der Waals surface area contributed by atoms with Crippen LogP contribution in [0.4, 0.5) is 0 Å². The minimum atomic E-state index is -3.78. The summed E-state index contributed by atoms with van der Waals surface area (Å²) in [6.45, 7) is 7.28. The van der Waals surface area contributed by atoms with Gasteiger partial charge in [0.05, 0.1) is 5.02 Å². The van der Waals surface area contributed by atoms with Gasteiger partial charge >= 0.3 is 0 Å². The Balaban J connectivity index is 0.00000338. The van der Waals surface area contributed by atoms with Gasteiger partial charge in [-0.15, -0.1) is 12.4 Å². The van der Waals surface area contributed by atoms with Crippen LogP contribution in [-0.2, 0) is 16.4 Å². The van der Waals surface area contributed by atoms with Crippen molar-refractivity contribution in [3.8, 4) is 11.5 Å². The zero-order valence-corrected chi connectivity index (χ0v) is 17.7. The maximum absolute atomic E-state index is 12.6. The lowest BCUT2D eigenvalue weighted by atomic mass is 10.1. The Kier molecular flexibility index (Phi) is 7.62. The summed E-state index contributed by atoms with van der Waals surface area (Å²) in [6.07, 6.45) is 0.602. The third-order valence-corrected chi connectivity index (χ3v) is 5.60. The van der Waals surface area contributed by atoms with Crippen LogP contribution in [-0.4, -0.2) is 37.2 Å². The van der Waals surface area contributed by atoms with E-state index in [2.05, 4.69) is 20.2 Å². The molecule has 0 spiro atoms. The van der Waals surface area contributed by atoms with Crippen molar-refractivity contribution in [2.24, 2.45) is 0 Å². The molecule has 2 rings (SSSR count). The van der Waals surface area contributed by atoms with Gasteiger partial charge < -0.3 is 9.84 Å². The average Bonchev–Trinajstić information content (AvgIpc) is 2.93. The molecule has 0 aliphatic carbocycles. The van der Waals surface area contributed by atoms with Crippen LogP contribution in [0.25, 0.3) is 11.5 Å². The highest BCUT2D eigenvalue weighted by Crippen LogP contribution is 2.28. The molecule has 26 heavy (non-hydrogen) atoms. The van der Waals surface area contributed by atoms with Crippen LogP contribution < -0.4 is 10.0 Å². The third-order valence-electron chi connectivity index (χ3n) is 3.36. The van der Waals surface area contributed by atoms with Gasteiger partial charge in [-0.1, -0.05) is 16.8 Å². The van der Waals surface area contributed by atoms with Gasteiger partial charge in [-0.2, -0.15) is 4.98 Å². The van der Waals surface area contributed by atoms with Crippen molar-refractivity contribution in [1.82, 2.24) is 20.2 Å². The number of hydrogen-bond donors (Lipinski definition) is 2. The summed E-state index contributed by atoms with van der Waals surface area (Å²) in [5, 5.41) is 7.15. The topological polar surface area (TPSA) is 97.1 Å². The van der Waals surface area contributed by atoms with Crippen molar-refractivity contribution in [2.75, 3.05) is 7.05 Å². The van der Waals surface area contributed by atoms with Crippen LogP contribution in [0.3, 0.4) is 0 Å². The second-order valence-corrected chi connectivity index (χ2v) is 8.97. The minimum Gasteiger partial charge on any atom is -0.334 e. The smallest absolute Gasteiger partial charge is 0.257 e. The Morgan fingerprint density at radius 2 is 1.96 bits per heavy atom. The molecule has 0 fully saturated rings. The van der Waals surface area contributed by atoms with Crippen LogP contribution in [0.5, 0.6) is 0 Å². The number of halogens is 2. The summed E-state index contributed by atoms with van der Waals surface area (Å²) in [5.41, 5.74) is -0.131. The molecule has 0 radical (unpaired) electrons. The summed E-state index contributed by atoms with van der Waals surface area (Å²) >= 11 is 6.10. The van der Waals surface area contributed by atoms with Gasteiger partial charge in [0.1, 0.15) is 4.90 Å². The maximum Gasteiger partial charge on any atom is 0.257 e. The van der Waals surface area contributed by atoms with E-state index in [0.29, 0.717) is 17.8 Å². The highest BCUT2D eigenvalue weighted by Gasteiger charge is 2.25. The monoisotopic (exact) mass is 422 g/mol. The van der Waals surface area contributed by atoms with Gasteiger partial charge in [0.2, 0.25) is 10.0 Å². The second kappa shape index (κ2) is 8.67. The highest BCUT2D eigenvalue weighted by atomic mass is 35.5. The van der Waals surface area contributed by atoms with Crippen molar-refractivity contribution in [3.63, 3.8) is 0 Å². The molecule has 1 aromatic carbocycles. The summed E-state index contributed by atoms with van der Waals surface area (Å²) in [4.78, 5) is 4.30. The molecule has 0 amide bonds. The fourth-order valence-electron chi connectivity index (χ4n) is 2.13. The van der Waals surface area contributed by atoms with Crippen LogP contribution >= 0.6 is 24.0 Å². The first kappa shape index (κ1) is 22.9. The minimum absolute atomic E-state index is 0. The summed E-state index contributed by atoms with van der Waals surface area (Å²) in [7, 11) is -1.93. The van der Waals surface area contributed by atoms with E-state index in [9.17, 15) is 8.42 Å². The van der Waals surface area contributed by atoms with E-state index >= 15 is 0 Å². The zero-order chi connectivity index (χ0) is 18.8. The zero-order valence-electron chi connectivity index (χ0n) is 15.3. The first-order valence-corrected chi connectivity index (χ1v) is 9.72. The number of sulfonamides is 1. The Bertz CT molecular complexity index is 847. The lowest BCUT2D eigenvalue weighted by Crippen LogP contribution is -2.40. The normalized spacial score (nSPS) is 13.3. The quantitative estimate of drug-likeness (QED) is 0.742. The Hall–Kier alpha value is -1.19. The molecule has 0 saturated heterocycles. The molecule has 1 aromatic heterocycles. The molecule has 0 bridgehead atoms. The number of nitrogens with one attached hydrogen (secondary N) is 2. The van der Waals surface area contributed by atoms with E-state index in [1.54, 1.807) is 26.8 Å². The Labute approximate surface area is 165 Å². The largest absolute Gasteiger partial charge is 0.334 e. The van der Waals surface area contributed by atoms with Crippen LogP contribution in [0.2, 0.25) is 5.02 Å². The Morgan fingerprint density at radius 3 is 2.54 bits per heavy atom. The lowest BCUT2D eigenvalue weighted by molar-refractivity contribution is 0.418. The van der Waals surface area contributed by atoms with Gasteiger partial charge in [-0.3, -0.25) is 0 Å². The molecule has 0 aliphatic heterocycles. The van der Waals surface area contributed by atoms with Crippen molar-refractivity contribution in [1.29, 1.82) is 0 Å². The van der Waals surface area contributed by atoms with E-state index in [0.717, 1.165) is 0 Å². The molecular weight excluding hydrogens is 399 g/mol. The van der Waals surface area contributed by atoms with Crippen LogP contribution in [0, 0.1) is 0 Å². The fraction of sp³-hybridized carbons (Fsp3) is 0.500. The van der Waals surface area contributed by atoms with E-state index in [1.807, 2.05) is 14.0 Å². The first-order valence-electron chi connectivity index (χ1n) is 7.85. The van der Waals surface area contributed by atoms with Gasteiger partial charge in [-0.25, -0.2) is 13.1 Å². The predicted molar refractivity (Wildman–Crippen MR) is 104 cm³/mol. The van der Waals surface area contributed by atoms with Crippen molar-refractivity contribution in [3.05, 3.63) is 29.0 Å². The highest BCUT2D eigenvalue weighted by molar-refractivity contribution is 7.89. The van der Waals surface area contributed by atoms with Gasteiger partial charge in [0.15, 0.2) is 5.82 Å². The molecule has 146 valence electrons. The van der Waals surface area contributed by atoms with Crippen molar-refractivity contribution >= 4 is 34.0 Å². The van der Waals surface area contributed by atoms with Crippen LogP contribution in [0.15, 0.2) is 27.6 Å². The van der Waals surface area contributed by atoms with Crippen LogP contribution in [0.1, 0.15) is 33.5 Å². The number of hydrogen-bond acceptors (Lipinski definition) is 6. The van der Waals surface area contributed by atoms with E-state index in [-0.39, 0.29) is 34.3 Å². The average molecular weight is 423 g/mol. The summed E-state index contributed by atoms with van der Waals surface area (Å²) in [5.74, 6) is 0.797. The molecular formula is C16H24Cl2N4O3S. The third kappa shape index (κ3) is 5.92. The van der Waals surface area contributed by atoms with E-state index in [4.69, 9.17) is 16.1 Å². The molecule has 1 atom stereocenters. The van der Waals surface area contributed by atoms with Gasteiger partial charge in [0.25, 0.3) is 5.89 Å². The molecule has 10 heteroatoms. The predicted octanol–water partition coefficient (Wildman–Crippen LogP) is 3.04.